The quantitative estimate of drug-likeness (QED) is 0.619. The van der Waals surface area contributed by atoms with Gasteiger partial charge in [-0.2, -0.15) is 13.2 Å². The summed E-state index contributed by atoms with van der Waals surface area (Å²) in [6.45, 7) is 3.12. The molecule has 1 aromatic carbocycles. The van der Waals surface area contributed by atoms with Crippen LogP contribution in [-0.4, -0.2) is 5.11 Å². The highest BCUT2D eigenvalue weighted by molar-refractivity contribution is 5.31. The Balaban J connectivity index is 3.34. The Kier molecular flexibility index (Phi) is 3.32. The fraction of sp³-hybridized carbons (Fsp3) is 0.200. The van der Waals surface area contributed by atoms with Gasteiger partial charge in [-0.1, -0.05) is 12.1 Å². The van der Waals surface area contributed by atoms with Crippen LogP contribution in [-0.2, 0) is 6.18 Å². The van der Waals surface area contributed by atoms with E-state index in [1.165, 1.54) is 0 Å². The molecule has 0 saturated carbocycles. The number of benzene rings is 1. The van der Waals surface area contributed by atoms with Crippen molar-refractivity contribution >= 4 is 0 Å². The first-order valence-electron chi connectivity index (χ1n) is 4.14. The predicted molar refractivity (Wildman–Crippen MR) is 46.5 cm³/mol. The van der Waals surface area contributed by atoms with Gasteiger partial charge < -0.3 is 5.11 Å². The largest absolute Gasteiger partial charge is 0.419 e. The smallest absolute Gasteiger partial charge is 0.384 e. The number of hydrogen-bond acceptors (Lipinski definition) is 1. The van der Waals surface area contributed by atoms with Gasteiger partial charge in [0.2, 0.25) is 0 Å². The molecule has 0 fully saturated rings. The molecule has 1 atom stereocenters. The summed E-state index contributed by atoms with van der Waals surface area (Å²) in [7, 11) is 0. The lowest BCUT2D eigenvalue weighted by Gasteiger charge is -2.12. The Morgan fingerprint density at radius 3 is 2.19 bits per heavy atom. The van der Waals surface area contributed by atoms with Gasteiger partial charge in [0.05, 0.1) is 11.7 Å². The zero-order valence-electron chi connectivity index (χ0n) is 7.85. The zero-order chi connectivity index (χ0) is 12.5. The fourth-order valence-corrected chi connectivity index (χ4v) is 1.14. The summed E-state index contributed by atoms with van der Waals surface area (Å²) in [6, 6.07) is 1.05. The van der Waals surface area contributed by atoms with Crippen molar-refractivity contribution in [2.45, 2.75) is 12.3 Å². The van der Waals surface area contributed by atoms with E-state index in [-0.39, 0.29) is 0 Å². The van der Waals surface area contributed by atoms with Crippen LogP contribution in [0, 0.1) is 11.6 Å². The summed E-state index contributed by atoms with van der Waals surface area (Å²) < 4.78 is 62.6. The molecule has 6 heteroatoms. The van der Waals surface area contributed by atoms with Crippen LogP contribution < -0.4 is 0 Å². The van der Waals surface area contributed by atoms with Crippen molar-refractivity contribution in [2.75, 3.05) is 0 Å². The second kappa shape index (κ2) is 4.21. The number of aliphatic hydroxyl groups excluding tert-OH is 1. The van der Waals surface area contributed by atoms with Gasteiger partial charge in [-0.25, -0.2) is 8.78 Å². The van der Waals surface area contributed by atoms with E-state index in [1.54, 1.807) is 0 Å². The maximum atomic E-state index is 13.1. The average molecular weight is 238 g/mol. The van der Waals surface area contributed by atoms with Gasteiger partial charge >= 0.3 is 6.18 Å². The molecule has 0 aliphatic rings. The third kappa shape index (κ3) is 2.21. The minimum atomic E-state index is -4.97. The SMILES string of the molecule is C=CC(O)c1ccc(C(F)(F)F)c(F)c1F. The first kappa shape index (κ1) is 12.6. The molecule has 16 heavy (non-hydrogen) atoms. The number of rotatable bonds is 2. The highest BCUT2D eigenvalue weighted by Gasteiger charge is 2.36. The molecule has 0 saturated heterocycles. The van der Waals surface area contributed by atoms with Crippen molar-refractivity contribution in [3.63, 3.8) is 0 Å². The van der Waals surface area contributed by atoms with Crippen LogP contribution >= 0.6 is 0 Å². The normalized spacial score (nSPS) is 13.6. The topological polar surface area (TPSA) is 20.2 Å². The summed E-state index contributed by atoms with van der Waals surface area (Å²) in [6.07, 6.45) is -5.63. The molecule has 0 aliphatic carbocycles. The Labute approximate surface area is 87.8 Å². The van der Waals surface area contributed by atoms with Crippen molar-refractivity contribution in [1.29, 1.82) is 0 Å². The molecule has 0 amide bonds. The number of aliphatic hydroxyl groups is 1. The Morgan fingerprint density at radius 1 is 1.19 bits per heavy atom. The number of alkyl halides is 3. The molecule has 1 nitrogen and oxygen atoms in total. The average Bonchev–Trinajstić information content (AvgIpc) is 2.19. The van der Waals surface area contributed by atoms with Crippen LogP contribution in [0.4, 0.5) is 22.0 Å². The summed E-state index contributed by atoms with van der Waals surface area (Å²) in [5, 5.41) is 9.12. The van der Waals surface area contributed by atoms with E-state index >= 15 is 0 Å². The fourth-order valence-electron chi connectivity index (χ4n) is 1.14. The van der Waals surface area contributed by atoms with E-state index in [1.807, 2.05) is 0 Å². The Bertz CT molecular complexity index is 410. The molecular formula is C10H7F5O. The predicted octanol–water partition coefficient (Wildman–Crippen LogP) is 3.20. The van der Waals surface area contributed by atoms with E-state index in [0.29, 0.717) is 12.1 Å². The number of hydrogen-bond donors (Lipinski definition) is 1. The maximum Gasteiger partial charge on any atom is 0.419 e. The summed E-state index contributed by atoms with van der Waals surface area (Å²) >= 11 is 0. The Hall–Kier alpha value is -1.43. The Morgan fingerprint density at radius 2 is 1.75 bits per heavy atom. The van der Waals surface area contributed by atoms with Crippen LogP contribution in [0.5, 0.6) is 0 Å². The van der Waals surface area contributed by atoms with Crippen LogP contribution in [0.15, 0.2) is 24.8 Å². The van der Waals surface area contributed by atoms with E-state index in [0.717, 1.165) is 6.08 Å². The van der Waals surface area contributed by atoms with Gasteiger partial charge in [-0.3, -0.25) is 0 Å². The lowest BCUT2D eigenvalue weighted by Crippen LogP contribution is -2.11. The minimum Gasteiger partial charge on any atom is -0.384 e. The highest BCUT2D eigenvalue weighted by Crippen LogP contribution is 2.34. The van der Waals surface area contributed by atoms with Crippen LogP contribution in [0.2, 0.25) is 0 Å². The molecule has 0 aliphatic heterocycles. The third-order valence-electron chi connectivity index (χ3n) is 1.96. The van der Waals surface area contributed by atoms with Crippen LogP contribution in [0.1, 0.15) is 17.2 Å². The van der Waals surface area contributed by atoms with E-state index in [2.05, 4.69) is 6.58 Å². The molecule has 1 aromatic rings. The van der Waals surface area contributed by atoms with Gasteiger partial charge in [-0.05, 0) is 6.07 Å². The van der Waals surface area contributed by atoms with Gasteiger partial charge in [0.15, 0.2) is 11.6 Å². The summed E-state index contributed by atoms with van der Waals surface area (Å²) in [5.41, 5.74) is -2.29. The first-order valence-corrected chi connectivity index (χ1v) is 4.14. The standard InChI is InChI=1S/C10H7F5O/c1-2-7(16)5-3-4-6(10(13,14)15)9(12)8(5)11/h2-4,7,16H,1H2. The van der Waals surface area contributed by atoms with Crippen molar-refractivity contribution < 1.29 is 27.1 Å². The monoisotopic (exact) mass is 238 g/mol. The van der Waals surface area contributed by atoms with Crippen molar-refractivity contribution in [3.8, 4) is 0 Å². The maximum absolute atomic E-state index is 13.1. The number of halogens is 5. The first-order chi connectivity index (χ1) is 7.29. The van der Waals surface area contributed by atoms with Crippen molar-refractivity contribution in [1.82, 2.24) is 0 Å². The lowest BCUT2D eigenvalue weighted by molar-refractivity contribution is -0.140. The molecule has 88 valence electrons. The lowest BCUT2D eigenvalue weighted by atomic mass is 10.0. The summed E-state index contributed by atoms with van der Waals surface area (Å²) in [4.78, 5) is 0. The molecule has 0 bridgehead atoms. The molecule has 1 unspecified atom stereocenters. The third-order valence-corrected chi connectivity index (χ3v) is 1.96. The van der Waals surface area contributed by atoms with E-state index in [9.17, 15) is 22.0 Å². The molecule has 0 heterocycles. The summed E-state index contributed by atoms with van der Waals surface area (Å²) in [5.74, 6) is -3.74. The van der Waals surface area contributed by atoms with E-state index < -0.39 is 35.0 Å². The highest BCUT2D eigenvalue weighted by atomic mass is 19.4. The van der Waals surface area contributed by atoms with Crippen molar-refractivity contribution in [2.24, 2.45) is 0 Å². The molecular weight excluding hydrogens is 231 g/mol. The van der Waals surface area contributed by atoms with Gasteiger partial charge in [0, 0.05) is 5.56 Å². The molecule has 1 rings (SSSR count). The molecule has 0 aromatic heterocycles. The second-order valence-corrected chi connectivity index (χ2v) is 3.01. The molecule has 0 radical (unpaired) electrons. The minimum absolute atomic E-state index is 0.375. The molecule has 0 spiro atoms. The van der Waals surface area contributed by atoms with Gasteiger partial charge in [0.1, 0.15) is 0 Å². The zero-order valence-corrected chi connectivity index (χ0v) is 7.85. The van der Waals surface area contributed by atoms with Crippen LogP contribution in [0.3, 0.4) is 0 Å². The van der Waals surface area contributed by atoms with Gasteiger partial charge in [-0.15, -0.1) is 6.58 Å². The van der Waals surface area contributed by atoms with E-state index in [4.69, 9.17) is 5.11 Å². The second-order valence-electron chi connectivity index (χ2n) is 3.01. The van der Waals surface area contributed by atoms with Crippen LogP contribution in [0.25, 0.3) is 0 Å². The molecule has 1 N–H and O–H groups in total. The van der Waals surface area contributed by atoms with Gasteiger partial charge in [0.25, 0.3) is 0 Å². The van der Waals surface area contributed by atoms with Crippen molar-refractivity contribution in [3.05, 3.63) is 47.5 Å².